The lowest BCUT2D eigenvalue weighted by molar-refractivity contribution is -0.141. The van der Waals surface area contributed by atoms with Crippen LogP contribution < -0.4 is 0 Å². The molecule has 1 heterocycles. The molecule has 33 heavy (non-hydrogen) atoms. The Morgan fingerprint density at radius 1 is 1.24 bits per heavy atom. The van der Waals surface area contributed by atoms with Crippen molar-refractivity contribution in [2.75, 3.05) is 6.54 Å². The summed E-state index contributed by atoms with van der Waals surface area (Å²) in [5.41, 5.74) is 1.02. The van der Waals surface area contributed by atoms with E-state index in [0.717, 1.165) is 23.3 Å². The van der Waals surface area contributed by atoms with Crippen molar-refractivity contribution >= 4 is 24.0 Å². The highest BCUT2D eigenvalue weighted by Crippen LogP contribution is 2.43. The molecule has 0 aromatic heterocycles. The predicted molar refractivity (Wildman–Crippen MR) is 119 cm³/mol. The number of amides is 3. The fourth-order valence-corrected chi connectivity index (χ4v) is 4.64. The van der Waals surface area contributed by atoms with E-state index in [4.69, 9.17) is 10.00 Å². The van der Waals surface area contributed by atoms with E-state index in [1.54, 1.807) is 29.2 Å². The minimum Gasteiger partial charge on any atom is -0.423 e. The first-order chi connectivity index (χ1) is 15.9. The van der Waals surface area contributed by atoms with Crippen LogP contribution >= 0.6 is 0 Å². The van der Waals surface area contributed by atoms with Crippen LogP contribution in [-0.4, -0.2) is 40.3 Å². The molecule has 166 valence electrons. The van der Waals surface area contributed by atoms with E-state index in [2.05, 4.69) is 6.07 Å². The van der Waals surface area contributed by atoms with Crippen molar-refractivity contribution in [3.05, 3.63) is 76.9 Å². The number of carbonyl (C=O) groups is 3. The van der Waals surface area contributed by atoms with Crippen LogP contribution in [0, 0.1) is 17.2 Å². The summed E-state index contributed by atoms with van der Waals surface area (Å²) in [5, 5.41) is 9.13. The summed E-state index contributed by atoms with van der Waals surface area (Å²) in [6.45, 7) is 2.06. The summed E-state index contributed by atoms with van der Waals surface area (Å²) in [4.78, 5) is 42.2. The van der Waals surface area contributed by atoms with Gasteiger partial charge in [0.15, 0.2) is 0 Å². The Labute approximate surface area is 191 Å². The maximum absolute atomic E-state index is 13.4. The number of rotatable bonds is 6. The lowest BCUT2D eigenvalue weighted by Crippen LogP contribution is -2.47. The largest absolute Gasteiger partial charge is 0.423 e. The molecule has 2 aromatic carbocycles. The molecule has 7 nitrogen and oxygen atoms in total. The van der Waals surface area contributed by atoms with Crippen molar-refractivity contribution < 1.29 is 19.1 Å². The van der Waals surface area contributed by atoms with Gasteiger partial charge in [-0.15, -0.1) is 0 Å². The Kier molecular flexibility index (Phi) is 5.01. The van der Waals surface area contributed by atoms with Crippen LogP contribution in [0.4, 0.5) is 4.79 Å². The number of fused-ring (bicyclic) bond motifs is 2. The number of ether oxygens (including phenoxy) is 1. The van der Waals surface area contributed by atoms with Gasteiger partial charge in [-0.2, -0.15) is 5.26 Å². The molecule has 1 saturated heterocycles. The minimum absolute atomic E-state index is 0.0110. The predicted octanol–water partition coefficient (Wildman–Crippen LogP) is 3.59. The molecule has 1 spiro atoms. The molecule has 2 atom stereocenters. The molecule has 2 aliphatic carbocycles. The van der Waals surface area contributed by atoms with Crippen LogP contribution in [0.5, 0.6) is 0 Å². The second-order valence-electron chi connectivity index (χ2n) is 8.83. The number of hydrogen-bond donors (Lipinski definition) is 0. The second-order valence-corrected chi connectivity index (χ2v) is 8.83. The average Bonchev–Trinajstić information content (AvgIpc) is 3.58. The molecule has 1 aliphatic heterocycles. The third kappa shape index (κ3) is 3.58. The summed E-state index contributed by atoms with van der Waals surface area (Å²) in [6, 6.07) is 16.6. The highest BCUT2D eigenvalue weighted by molar-refractivity contribution is 6.08. The SMILES string of the molecule is CC(C1CC1)N(Cc1ccccc1)C(=O)CN1C(=O)OC2(C=Cc3cc(C#N)ccc32)C1=O. The average molecular weight is 441 g/mol. The van der Waals surface area contributed by atoms with Gasteiger partial charge in [-0.1, -0.05) is 42.5 Å². The molecule has 3 aliphatic rings. The van der Waals surface area contributed by atoms with Crippen LogP contribution in [0.25, 0.3) is 6.08 Å². The second kappa shape index (κ2) is 7.89. The van der Waals surface area contributed by atoms with Crippen molar-refractivity contribution in [2.24, 2.45) is 5.92 Å². The topological polar surface area (TPSA) is 90.7 Å². The van der Waals surface area contributed by atoms with Gasteiger partial charge in [0, 0.05) is 18.2 Å². The van der Waals surface area contributed by atoms with Crippen LogP contribution in [0.1, 0.15) is 42.0 Å². The van der Waals surface area contributed by atoms with Crippen molar-refractivity contribution in [1.29, 1.82) is 5.26 Å². The molecule has 1 saturated carbocycles. The summed E-state index contributed by atoms with van der Waals surface area (Å²) < 4.78 is 5.55. The van der Waals surface area contributed by atoms with Crippen LogP contribution in [0.15, 0.2) is 54.6 Å². The van der Waals surface area contributed by atoms with E-state index in [1.165, 1.54) is 6.08 Å². The first-order valence-electron chi connectivity index (χ1n) is 11.0. The number of carbonyl (C=O) groups excluding carboxylic acids is 3. The number of nitriles is 1. The van der Waals surface area contributed by atoms with E-state index in [9.17, 15) is 14.4 Å². The zero-order valence-electron chi connectivity index (χ0n) is 18.2. The van der Waals surface area contributed by atoms with Crippen molar-refractivity contribution in [2.45, 2.75) is 38.0 Å². The molecule has 2 aromatic rings. The van der Waals surface area contributed by atoms with Gasteiger partial charge in [0.1, 0.15) is 6.54 Å². The summed E-state index contributed by atoms with van der Waals surface area (Å²) in [5.74, 6) is -0.439. The van der Waals surface area contributed by atoms with Gasteiger partial charge < -0.3 is 9.64 Å². The molecular formula is C26H23N3O4. The van der Waals surface area contributed by atoms with Crippen LogP contribution in [0.3, 0.4) is 0 Å². The highest BCUT2D eigenvalue weighted by Gasteiger charge is 2.56. The van der Waals surface area contributed by atoms with Gasteiger partial charge in [0.2, 0.25) is 11.5 Å². The summed E-state index contributed by atoms with van der Waals surface area (Å²) in [7, 11) is 0. The van der Waals surface area contributed by atoms with E-state index in [-0.39, 0.29) is 18.5 Å². The van der Waals surface area contributed by atoms with E-state index < -0.39 is 17.6 Å². The zero-order chi connectivity index (χ0) is 23.2. The standard InChI is InChI=1S/C26H23N3O4/c1-17(20-8-9-20)28(15-18-5-3-2-4-6-18)23(30)16-29-24(31)26(33-25(29)32)12-11-21-13-19(14-27)7-10-22(21)26/h2-7,10-13,17,20H,8-9,15-16H2,1H3. The van der Waals surface area contributed by atoms with Gasteiger partial charge in [0.05, 0.1) is 11.6 Å². The Morgan fingerprint density at radius 2 is 2.00 bits per heavy atom. The van der Waals surface area contributed by atoms with Gasteiger partial charge in [0.25, 0.3) is 5.91 Å². The van der Waals surface area contributed by atoms with Crippen molar-refractivity contribution in [3.8, 4) is 6.07 Å². The van der Waals surface area contributed by atoms with Gasteiger partial charge in [-0.25, -0.2) is 9.69 Å². The van der Waals surface area contributed by atoms with Crippen LogP contribution in [0.2, 0.25) is 0 Å². The Bertz CT molecular complexity index is 1210. The molecule has 2 fully saturated rings. The van der Waals surface area contributed by atoms with Crippen molar-refractivity contribution in [1.82, 2.24) is 9.80 Å². The lowest BCUT2D eigenvalue weighted by atomic mass is 9.94. The van der Waals surface area contributed by atoms with E-state index >= 15 is 0 Å². The zero-order valence-corrected chi connectivity index (χ0v) is 18.2. The molecule has 3 amide bonds. The molecule has 0 bridgehead atoms. The van der Waals surface area contributed by atoms with Crippen molar-refractivity contribution in [3.63, 3.8) is 0 Å². The normalized spacial score (nSPS) is 21.6. The first-order valence-corrected chi connectivity index (χ1v) is 11.0. The number of nitrogens with zero attached hydrogens (tertiary/aromatic N) is 3. The van der Waals surface area contributed by atoms with Gasteiger partial charge >= 0.3 is 6.09 Å². The van der Waals surface area contributed by atoms with Gasteiger partial charge in [-0.05, 0) is 55.0 Å². The van der Waals surface area contributed by atoms with E-state index in [0.29, 0.717) is 29.2 Å². The molecule has 2 unspecified atom stereocenters. The molecule has 5 rings (SSSR count). The Morgan fingerprint density at radius 3 is 2.70 bits per heavy atom. The van der Waals surface area contributed by atoms with Gasteiger partial charge in [-0.3, -0.25) is 9.59 Å². The highest BCUT2D eigenvalue weighted by atomic mass is 16.6. The lowest BCUT2D eigenvalue weighted by Gasteiger charge is -2.30. The van der Waals surface area contributed by atoms with Crippen LogP contribution in [-0.2, 0) is 26.5 Å². The minimum atomic E-state index is -1.58. The summed E-state index contributed by atoms with van der Waals surface area (Å²) in [6.07, 6.45) is 4.50. The monoisotopic (exact) mass is 441 g/mol. The van der Waals surface area contributed by atoms with E-state index in [1.807, 2.05) is 37.3 Å². The maximum atomic E-state index is 13.4. The fourth-order valence-electron chi connectivity index (χ4n) is 4.64. The number of hydrogen-bond acceptors (Lipinski definition) is 5. The molecule has 0 N–H and O–H groups in total. The quantitative estimate of drug-likeness (QED) is 0.683. The third-order valence-electron chi connectivity index (χ3n) is 6.72. The Balaban J connectivity index is 1.38. The summed E-state index contributed by atoms with van der Waals surface area (Å²) >= 11 is 0. The third-order valence-corrected chi connectivity index (χ3v) is 6.72. The molecule has 7 heteroatoms. The molecular weight excluding hydrogens is 418 g/mol. The number of benzene rings is 2. The Hall–Kier alpha value is -3.92. The first kappa shape index (κ1) is 21.0. The fraction of sp³-hybridized carbons (Fsp3) is 0.308. The molecule has 0 radical (unpaired) electrons. The maximum Gasteiger partial charge on any atom is 0.418 e. The number of imide groups is 1. The smallest absolute Gasteiger partial charge is 0.418 e.